The lowest BCUT2D eigenvalue weighted by Gasteiger charge is -2.18. The number of hydrogen-bond acceptors (Lipinski definition) is 6. The van der Waals surface area contributed by atoms with Crippen molar-refractivity contribution in [2.75, 3.05) is 24.4 Å². The van der Waals surface area contributed by atoms with Gasteiger partial charge in [0.1, 0.15) is 11.9 Å². The molecule has 0 atom stereocenters. The third kappa shape index (κ3) is 4.72. The molecule has 2 rings (SSSR count). The molecular formula is C17H16F3N7. The van der Waals surface area contributed by atoms with E-state index in [9.17, 15) is 13.2 Å². The van der Waals surface area contributed by atoms with Crippen molar-refractivity contribution in [3.8, 4) is 17.2 Å². The summed E-state index contributed by atoms with van der Waals surface area (Å²) in [6, 6.07) is 9.07. The summed E-state index contributed by atoms with van der Waals surface area (Å²) in [5.74, 6) is -0.0858. The van der Waals surface area contributed by atoms with Crippen LogP contribution in [0.3, 0.4) is 0 Å². The molecule has 4 N–H and O–H groups in total. The molecule has 0 amide bonds. The first-order chi connectivity index (χ1) is 12.6. The van der Waals surface area contributed by atoms with Gasteiger partial charge >= 0.3 is 6.18 Å². The number of nitrogens with two attached hydrogens (primary N) is 1. The third-order valence-electron chi connectivity index (χ3n) is 3.47. The van der Waals surface area contributed by atoms with Gasteiger partial charge < -0.3 is 10.6 Å². The van der Waals surface area contributed by atoms with Gasteiger partial charge in [-0.15, -0.1) is 0 Å². The van der Waals surface area contributed by atoms with E-state index in [1.165, 1.54) is 0 Å². The van der Waals surface area contributed by atoms with Crippen LogP contribution in [0.25, 0.3) is 11.1 Å². The molecule has 0 saturated heterocycles. The summed E-state index contributed by atoms with van der Waals surface area (Å²) in [5, 5.41) is 19.7. The zero-order valence-electron chi connectivity index (χ0n) is 14.5. The molecule has 1 aromatic carbocycles. The Morgan fingerprint density at radius 3 is 2.41 bits per heavy atom. The molecule has 0 bridgehead atoms. The van der Waals surface area contributed by atoms with Crippen LogP contribution in [0.2, 0.25) is 0 Å². The summed E-state index contributed by atoms with van der Waals surface area (Å²) in [4.78, 5) is 5.55. The van der Waals surface area contributed by atoms with Gasteiger partial charge in [-0.25, -0.2) is 4.98 Å². The maximum atomic E-state index is 13.0. The predicted molar refractivity (Wildman–Crippen MR) is 97.6 cm³/mol. The Balaban J connectivity index is 2.39. The van der Waals surface area contributed by atoms with E-state index in [-0.39, 0.29) is 5.71 Å². The van der Waals surface area contributed by atoms with Gasteiger partial charge in [-0.3, -0.25) is 10.8 Å². The smallest absolute Gasteiger partial charge is 0.382 e. The lowest BCUT2D eigenvalue weighted by Crippen LogP contribution is -2.21. The average Bonchev–Trinajstić information content (AvgIpc) is 2.61. The van der Waals surface area contributed by atoms with Crippen molar-refractivity contribution in [2.45, 2.75) is 6.18 Å². The molecule has 27 heavy (non-hydrogen) atoms. The summed E-state index contributed by atoms with van der Waals surface area (Å²) in [5.41, 5.74) is 7.96. The molecule has 0 unspecified atom stereocenters. The first-order valence-electron chi connectivity index (χ1n) is 7.56. The van der Waals surface area contributed by atoms with Crippen LogP contribution in [-0.2, 0) is 6.18 Å². The van der Waals surface area contributed by atoms with Crippen molar-refractivity contribution in [1.82, 2.24) is 4.98 Å². The number of hydrogen-bond donors (Lipinski definition) is 3. The van der Waals surface area contributed by atoms with Crippen LogP contribution < -0.4 is 16.1 Å². The number of anilines is 2. The lowest BCUT2D eigenvalue weighted by atomic mass is 10.0. The minimum absolute atomic E-state index is 0.281. The number of pyridine rings is 1. The minimum Gasteiger partial charge on any atom is -0.382 e. The van der Waals surface area contributed by atoms with Crippen LogP contribution in [0.1, 0.15) is 5.56 Å². The van der Waals surface area contributed by atoms with Gasteiger partial charge in [0, 0.05) is 25.9 Å². The molecule has 1 heterocycles. The van der Waals surface area contributed by atoms with Crippen molar-refractivity contribution in [3.63, 3.8) is 0 Å². The fraction of sp³-hybridized carbons (Fsp3) is 0.176. The molecule has 10 heteroatoms. The molecule has 1 aromatic heterocycles. The summed E-state index contributed by atoms with van der Waals surface area (Å²) in [7, 11) is 3.38. The molecule has 0 saturated carbocycles. The van der Waals surface area contributed by atoms with E-state index in [2.05, 4.69) is 15.5 Å². The number of amidine groups is 1. The second-order valence-corrected chi connectivity index (χ2v) is 5.66. The van der Waals surface area contributed by atoms with Crippen LogP contribution in [0.4, 0.5) is 24.7 Å². The Kier molecular flexibility index (Phi) is 5.65. The van der Waals surface area contributed by atoms with Gasteiger partial charge in [0.05, 0.1) is 11.3 Å². The highest BCUT2D eigenvalue weighted by atomic mass is 19.4. The lowest BCUT2D eigenvalue weighted by molar-refractivity contribution is -0.137. The first kappa shape index (κ1) is 19.7. The van der Waals surface area contributed by atoms with Crippen LogP contribution in [0.15, 0.2) is 41.6 Å². The number of hydrazone groups is 1. The van der Waals surface area contributed by atoms with Gasteiger partial charge in [-0.1, -0.05) is 12.1 Å². The van der Waals surface area contributed by atoms with Crippen molar-refractivity contribution >= 4 is 23.1 Å². The quantitative estimate of drug-likeness (QED) is 0.422. The molecule has 7 nitrogen and oxygen atoms in total. The molecule has 0 fully saturated rings. The van der Waals surface area contributed by atoms with E-state index in [1.807, 2.05) is 0 Å². The largest absolute Gasteiger partial charge is 0.417 e. The Bertz CT molecular complexity index is 910. The monoisotopic (exact) mass is 375 g/mol. The highest BCUT2D eigenvalue weighted by Crippen LogP contribution is 2.35. The minimum atomic E-state index is -4.50. The highest BCUT2D eigenvalue weighted by Gasteiger charge is 2.32. The van der Waals surface area contributed by atoms with E-state index in [4.69, 9.17) is 16.4 Å². The molecule has 0 spiro atoms. The van der Waals surface area contributed by atoms with E-state index >= 15 is 0 Å². The molecule has 140 valence electrons. The van der Waals surface area contributed by atoms with Gasteiger partial charge in [-0.2, -0.15) is 23.5 Å². The highest BCUT2D eigenvalue weighted by molar-refractivity contribution is 6.45. The Labute approximate surface area is 153 Å². The predicted octanol–water partition coefficient (Wildman–Crippen LogP) is 3.06. The molecular weight excluding hydrogens is 359 g/mol. The number of alkyl halides is 3. The van der Waals surface area contributed by atoms with Crippen LogP contribution in [-0.4, -0.2) is 30.6 Å². The molecule has 0 radical (unpaired) electrons. The van der Waals surface area contributed by atoms with Crippen LogP contribution in [0.5, 0.6) is 0 Å². The van der Waals surface area contributed by atoms with E-state index in [0.717, 1.165) is 12.3 Å². The summed E-state index contributed by atoms with van der Waals surface area (Å²) in [6.07, 6.45) is -3.70. The van der Waals surface area contributed by atoms with Gasteiger partial charge in [0.2, 0.25) is 5.71 Å². The van der Waals surface area contributed by atoms with Crippen molar-refractivity contribution in [1.29, 1.82) is 10.7 Å². The maximum absolute atomic E-state index is 13.0. The maximum Gasteiger partial charge on any atom is 0.417 e. The topological polar surface area (TPSA) is 114 Å². The first-order valence-corrected chi connectivity index (χ1v) is 7.56. The second kappa shape index (κ2) is 7.74. The molecule has 0 aliphatic carbocycles. The number of rotatable bonds is 5. The summed E-state index contributed by atoms with van der Waals surface area (Å²) < 4.78 is 39.1. The van der Waals surface area contributed by atoms with Crippen molar-refractivity contribution in [2.24, 2.45) is 10.8 Å². The third-order valence-corrected chi connectivity index (χ3v) is 3.47. The second-order valence-electron chi connectivity index (χ2n) is 5.66. The molecule has 2 aromatic rings. The Morgan fingerprint density at radius 1 is 1.30 bits per heavy atom. The fourth-order valence-corrected chi connectivity index (χ4v) is 2.17. The normalized spacial score (nSPS) is 11.6. The van der Waals surface area contributed by atoms with Crippen molar-refractivity contribution in [3.05, 3.63) is 42.1 Å². The fourth-order valence-electron chi connectivity index (χ4n) is 2.17. The summed E-state index contributed by atoms with van der Waals surface area (Å²) in [6.45, 7) is 0. The standard InChI is InChI=1S/C17H16F3N7/c1-27(2)16-13(7-11(9-24-16)17(18,19)20)10-3-5-12(6-4-10)25-26-14(8-21)15(22)23/h3-7,9,25H,1-2H3,(H3,22,23)/b26-14+. The van der Waals surface area contributed by atoms with Crippen LogP contribution >= 0.6 is 0 Å². The number of halogens is 3. The SMILES string of the molecule is CN(C)c1ncc(C(F)(F)F)cc1-c1ccc(N/N=C(\C#N)C(=N)N)cc1. The van der Waals surface area contributed by atoms with Gasteiger partial charge in [-0.05, 0) is 23.8 Å². The zero-order chi connectivity index (χ0) is 20.2. The van der Waals surface area contributed by atoms with E-state index < -0.39 is 17.6 Å². The van der Waals surface area contributed by atoms with Crippen LogP contribution in [0, 0.1) is 16.7 Å². The Hall–Kier alpha value is -3.61. The Morgan fingerprint density at radius 2 is 1.93 bits per heavy atom. The number of nitrogens with zero attached hydrogens (tertiary/aromatic N) is 4. The number of benzene rings is 1. The van der Waals surface area contributed by atoms with Crippen molar-refractivity contribution < 1.29 is 13.2 Å². The van der Waals surface area contributed by atoms with E-state index in [1.54, 1.807) is 49.3 Å². The van der Waals surface area contributed by atoms with Gasteiger partial charge in [0.15, 0.2) is 5.84 Å². The number of nitrogens with one attached hydrogen (secondary N) is 2. The number of aromatic nitrogens is 1. The zero-order valence-corrected chi connectivity index (χ0v) is 14.5. The molecule has 0 aliphatic rings. The number of nitriles is 1. The van der Waals surface area contributed by atoms with E-state index in [0.29, 0.717) is 22.6 Å². The molecule has 0 aliphatic heterocycles. The summed E-state index contributed by atoms with van der Waals surface area (Å²) >= 11 is 0. The average molecular weight is 375 g/mol. The van der Waals surface area contributed by atoms with Gasteiger partial charge in [0.25, 0.3) is 0 Å².